The first kappa shape index (κ1) is 7.29. The van der Waals surface area contributed by atoms with Gasteiger partial charge in [-0.05, 0) is 18.8 Å². The van der Waals surface area contributed by atoms with Crippen molar-refractivity contribution >= 4 is 5.78 Å². The molecule has 2 aliphatic rings. The number of hydrogen-bond donors (Lipinski definition) is 1. The third-order valence-electron chi connectivity index (χ3n) is 3.26. The fourth-order valence-electron chi connectivity index (χ4n) is 2.65. The van der Waals surface area contributed by atoms with Gasteiger partial charge in [-0.15, -0.1) is 0 Å². The highest BCUT2D eigenvalue weighted by atomic mass is 16.1. The van der Waals surface area contributed by atoms with E-state index in [-0.39, 0.29) is 6.04 Å². The summed E-state index contributed by atoms with van der Waals surface area (Å²) in [7, 11) is 0. The molecular weight excluding hydrogens is 138 g/mol. The van der Waals surface area contributed by atoms with Gasteiger partial charge in [0.25, 0.3) is 0 Å². The van der Waals surface area contributed by atoms with Crippen molar-refractivity contribution in [1.82, 2.24) is 0 Å². The molecule has 0 aromatic heterocycles. The average Bonchev–Trinajstić information content (AvgIpc) is 2.30. The highest BCUT2D eigenvalue weighted by Crippen LogP contribution is 2.38. The van der Waals surface area contributed by atoms with Crippen molar-refractivity contribution in [3.05, 3.63) is 0 Å². The van der Waals surface area contributed by atoms with Gasteiger partial charge in [-0.2, -0.15) is 0 Å². The highest BCUT2D eigenvalue weighted by molar-refractivity contribution is 5.87. The molecule has 2 fully saturated rings. The second kappa shape index (κ2) is 2.59. The zero-order chi connectivity index (χ0) is 7.84. The number of Topliss-reactive ketones (excluding diaryl/α,β-unsaturated/α-hetero) is 1. The molecule has 0 bridgehead atoms. The fraction of sp³-hybridized carbons (Fsp3) is 0.889. The Morgan fingerprint density at radius 2 is 2.00 bits per heavy atom. The number of fused-ring (bicyclic) bond motifs is 1. The molecule has 2 heteroatoms. The second-order valence-electron chi connectivity index (χ2n) is 3.99. The van der Waals surface area contributed by atoms with Crippen LogP contribution in [-0.4, -0.2) is 11.8 Å². The van der Waals surface area contributed by atoms with Gasteiger partial charge in [-0.25, -0.2) is 0 Å². The molecule has 3 atom stereocenters. The van der Waals surface area contributed by atoms with Crippen LogP contribution in [0.2, 0.25) is 0 Å². The third kappa shape index (κ3) is 1.09. The number of ketones is 1. The molecule has 0 radical (unpaired) electrons. The first-order chi connectivity index (χ1) is 5.29. The maximum Gasteiger partial charge on any atom is 0.193 e. The largest absolute Gasteiger partial charge is 0.349 e. The molecule has 11 heavy (non-hydrogen) atoms. The van der Waals surface area contributed by atoms with Gasteiger partial charge in [0.1, 0.15) is 6.04 Å². The molecule has 0 saturated heterocycles. The van der Waals surface area contributed by atoms with Crippen molar-refractivity contribution in [3.63, 3.8) is 0 Å². The zero-order valence-corrected chi connectivity index (χ0v) is 6.88. The Labute approximate surface area is 67.1 Å². The smallest absolute Gasteiger partial charge is 0.193 e. The molecule has 2 aliphatic carbocycles. The van der Waals surface area contributed by atoms with Gasteiger partial charge in [-0.3, -0.25) is 4.79 Å². The molecular formula is C9H16NO+. The molecule has 0 amide bonds. The lowest BCUT2D eigenvalue weighted by Gasteiger charge is -2.22. The molecule has 0 aromatic carbocycles. The quantitative estimate of drug-likeness (QED) is 0.538. The van der Waals surface area contributed by atoms with E-state index in [9.17, 15) is 4.79 Å². The van der Waals surface area contributed by atoms with Gasteiger partial charge in [0.15, 0.2) is 5.78 Å². The summed E-state index contributed by atoms with van der Waals surface area (Å²) in [6, 6.07) is 0.128. The summed E-state index contributed by atoms with van der Waals surface area (Å²) in [6.07, 6.45) is 6.10. The summed E-state index contributed by atoms with van der Waals surface area (Å²) >= 11 is 0. The number of quaternary nitrogens is 1. The second-order valence-corrected chi connectivity index (χ2v) is 3.99. The van der Waals surface area contributed by atoms with Gasteiger partial charge < -0.3 is 5.73 Å². The standard InChI is InChI=1S/C9H15NO/c10-8-5-6-3-1-2-4-7(6)9(8)11/h6-8H,1-5,10H2/p+1. The summed E-state index contributed by atoms with van der Waals surface area (Å²) in [5.74, 6) is 1.57. The first-order valence-corrected chi connectivity index (χ1v) is 4.66. The Morgan fingerprint density at radius 3 is 2.73 bits per heavy atom. The number of hydrogen-bond acceptors (Lipinski definition) is 1. The van der Waals surface area contributed by atoms with Crippen molar-refractivity contribution < 1.29 is 10.5 Å². The predicted octanol–water partition coefficient (Wildman–Crippen LogP) is 0.376. The molecule has 0 spiro atoms. The molecule has 2 saturated carbocycles. The van der Waals surface area contributed by atoms with Crippen LogP contribution in [0.25, 0.3) is 0 Å². The van der Waals surface area contributed by atoms with Crippen molar-refractivity contribution in [2.45, 2.75) is 38.1 Å². The van der Waals surface area contributed by atoms with E-state index >= 15 is 0 Å². The molecule has 0 aromatic rings. The SMILES string of the molecule is [NH3+]C1CC2CCCCC2C1=O. The van der Waals surface area contributed by atoms with Gasteiger partial charge in [0, 0.05) is 12.3 Å². The summed E-state index contributed by atoms with van der Waals surface area (Å²) < 4.78 is 0. The molecule has 0 aliphatic heterocycles. The maximum absolute atomic E-state index is 11.5. The Bertz CT molecular complexity index is 178. The van der Waals surface area contributed by atoms with Crippen LogP contribution in [-0.2, 0) is 4.79 Å². The van der Waals surface area contributed by atoms with Crippen LogP contribution in [0.15, 0.2) is 0 Å². The normalized spacial score (nSPS) is 44.1. The summed E-state index contributed by atoms with van der Waals surface area (Å²) in [4.78, 5) is 11.5. The molecule has 2 nitrogen and oxygen atoms in total. The van der Waals surface area contributed by atoms with E-state index in [0.717, 1.165) is 12.8 Å². The van der Waals surface area contributed by atoms with E-state index in [1.165, 1.54) is 19.3 Å². The van der Waals surface area contributed by atoms with E-state index in [2.05, 4.69) is 5.73 Å². The van der Waals surface area contributed by atoms with Gasteiger partial charge >= 0.3 is 0 Å². The summed E-state index contributed by atoms with van der Waals surface area (Å²) in [6.45, 7) is 0. The number of carbonyl (C=O) groups is 1. The van der Waals surface area contributed by atoms with Gasteiger partial charge in [0.05, 0.1) is 0 Å². The van der Waals surface area contributed by atoms with Crippen molar-refractivity contribution in [2.24, 2.45) is 11.8 Å². The molecule has 62 valence electrons. The molecule has 0 heterocycles. The Morgan fingerprint density at radius 1 is 1.27 bits per heavy atom. The lowest BCUT2D eigenvalue weighted by molar-refractivity contribution is -0.402. The molecule has 3 unspecified atom stereocenters. The van der Waals surface area contributed by atoms with E-state index in [1.807, 2.05) is 0 Å². The monoisotopic (exact) mass is 154 g/mol. The molecule has 3 N–H and O–H groups in total. The Balaban J connectivity index is 2.11. The van der Waals surface area contributed by atoms with Crippen molar-refractivity contribution in [1.29, 1.82) is 0 Å². The maximum atomic E-state index is 11.5. The van der Waals surface area contributed by atoms with Crippen LogP contribution in [0.3, 0.4) is 0 Å². The van der Waals surface area contributed by atoms with Gasteiger partial charge in [-0.1, -0.05) is 12.8 Å². The predicted molar refractivity (Wildman–Crippen MR) is 41.7 cm³/mol. The van der Waals surface area contributed by atoms with E-state index in [0.29, 0.717) is 17.6 Å². The zero-order valence-electron chi connectivity index (χ0n) is 6.88. The topological polar surface area (TPSA) is 44.7 Å². The minimum atomic E-state index is 0.128. The van der Waals surface area contributed by atoms with E-state index in [4.69, 9.17) is 0 Å². The van der Waals surface area contributed by atoms with Crippen LogP contribution in [0.1, 0.15) is 32.1 Å². The Kier molecular flexibility index (Phi) is 1.72. The van der Waals surface area contributed by atoms with Crippen LogP contribution in [0, 0.1) is 11.8 Å². The van der Waals surface area contributed by atoms with Crippen LogP contribution >= 0.6 is 0 Å². The van der Waals surface area contributed by atoms with Gasteiger partial charge in [0.2, 0.25) is 0 Å². The highest BCUT2D eigenvalue weighted by Gasteiger charge is 2.43. The van der Waals surface area contributed by atoms with Crippen LogP contribution in [0.5, 0.6) is 0 Å². The lowest BCUT2D eigenvalue weighted by atomic mass is 9.81. The fourth-order valence-corrected chi connectivity index (χ4v) is 2.65. The van der Waals surface area contributed by atoms with Crippen molar-refractivity contribution in [3.8, 4) is 0 Å². The van der Waals surface area contributed by atoms with Crippen LogP contribution in [0.4, 0.5) is 0 Å². The minimum absolute atomic E-state index is 0.128. The average molecular weight is 154 g/mol. The van der Waals surface area contributed by atoms with Crippen molar-refractivity contribution in [2.75, 3.05) is 0 Å². The Hall–Kier alpha value is -0.370. The minimum Gasteiger partial charge on any atom is -0.349 e. The summed E-state index contributed by atoms with van der Waals surface area (Å²) in [5.41, 5.74) is 3.89. The first-order valence-electron chi connectivity index (χ1n) is 4.66. The van der Waals surface area contributed by atoms with E-state index < -0.39 is 0 Å². The summed E-state index contributed by atoms with van der Waals surface area (Å²) in [5, 5.41) is 0. The van der Waals surface area contributed by atoms with E-state index in [1.54, 1.807) is 0 Å². The number of rotatable bonds is 0. The molecule has 2 rings (SSSR count). The number of carbonyl (C=O) groups excluding carboxylic acids is 1. The third-order valence-corrected chi connectivity index (χ3v) is 3.26. The lowest BCUT2D eigenvalue weighted by Crippen LogP contribution is -2.63. The van der Waals surface area contributed by atoms with Crippen LogP contribution < -0.4 is 5.73 Å².